The molecule has 0 aliphatic carbocycles. The predicted molar refractivity (Wildman–Crippen MR) is 112 cm³/mol. The van der Waals surface area contributed by atoms with Crippen molar-refractivity contribution in [1.29, 1.82) is 5.41 Å². The molecule has 2 atom stereocenters. The topological polar surface area (TPSA) is 129 Å². The molecule has 1 aliphatic heterocycles. The fourth-order valence-corrected chi connectivity index (χ4v) is 3.56. The number of aliphatic hydroxyl groups is 1. The average molecular weight is 485 g/mol. The first-order valence-electron chi connectivity index (χ1n) is 9.71. The van der Waals surface area contributed by atoms with E-state index in [1.165, 1.54) is 18.2 Å². The molecule has 1 heterocycles. The zero-order chi connectivity index (χ0) is 24.3. The van der Waals surface area contributed by atoms with Crippen LogP contribution in [0.3, 0.4) is 0 Å². The molecule has 0 saturated carbocycles. The van der Waals surface area contributed by atoms with Gasteiger partial charge >= 0.3 is 6.61 Å². The first kappa shape index (κ1) is 24.3. The standard InChI is InChI=1S/C21H20ClF3N4O4/c22-12-6-11(7-13(8-12)33-21(24)25)17(30)20(32)29-4-3-16(29)19(31)28-9-10-1-2-14(18(26)27)15(23)5-10/h1-2,5-8,16-17,21,30H,3-4,9H2,(H3,26,27)(H,28,31)/t16-,17+/m0/s1. The summed E-state index contributed by atoms with van der Waals surface area (Å²) in [6.45, 7) is -2.94. The van der Waals surface area contributed by atoms with Crippen LogP contribution in [0.15, 0.2) is 36.4 Å². The van der Waals surface area contributed by atoms with E-state index in [4.69, 9.17) is 22.7 Å². The van der Waals surface area contributed by atoms with Gasteiger partial charge in [-0.05, 0) is 47.9 Å². The Hall–Kier alpha value is -3.31. The van der Waals surface area contributed by atoms with Crippen LogP contribution in [0.25, 0.3) is 0 Å². The molecule has 8 nitrogen and oxygen atoms in total. The van der Waals surface area contributed by atoms with Crippen LogP contribution < -0.4 is 15.8 Å². The SMILES string of the molecule is N=C(N)c1ccc(CNC(=O)[C@@H]2CCN2C(=O)[C@H](O)c2cc(Cl)cc(OC(F)F)c2)cc1F. The van der Waals surface area contributed by atoms with Gasteiger partial charge in [0.05, 0.1) is 5.56 Å². The van der Waals surface area contributed by atoms with Crippen LogP contribution in [-0.4, -0.2) is 46.9 Å². The lowest BCUT2D eigenvalue weighted by Crippen LogP contribution is -2.59. The lowest BCUT2D eigenvalue weighted by molar-refractivity contribution is -0.154. The van der Waals surface area contributed by atoms with Gasteiger partial charge in [-0.2, -0.15) is 8.78 Å². The van der Waals surface area contributed by atoms with Crippen LogP contribution in [0.4, 0.5) is 13.2 Å². The second-order valence-corrected chi connectivity index (χ2v) is 7.72. The smallest absolute Gasteiger partial charge is 0.387 e. The summed E-state index contributed by atoms with van der Waals surface area (Å²) in [5.74, 6) is -2.75. The molecule has 1 fully saturated rings. The summed E-state index contributed by atoms with van der Waals surface area (Å²) >= 11 is 5.86. The number of hydrogen-bond acceptors (Lipinski definition) is 5. The van der Waals surface area contributed by atoms with Crippen LogP contribution in [-0.2, 0) is 16.1 Å². The highest BCUT2D eigenvalue weighted by Crippen LogP contribution is 2.29. The molecule has 5 N–H and O–H groups in total. The minimum atomic E-state index is -3.11. The lowest BCUT2D eigenvalue weighted by atomic mass is 9.98. The number of aliphatic hydroxyl groups excluding tert-OH is 1. The van der Waals surface area contributed by atoms with Crippen molar-refractivity contribution in [3.05, 3.63) is 63.9 Å². The Balaban J connectivity index is 1.63. The third kappa shape index (κ3) is 5.74. The molecule has 2 aromatic rings. The van der Waals surface area contributed by atoms with Crippen molar-refractivity contribution in [2.45, 2.75) is 31.7 Å². The van der Waals surface area contributed by atoms with Crippen molar-refractivity contribution >= 4 is 29.3 Å². The highest BCUT2D eigenvalue weighted by Gasteiger charge is 2.40. The van der Waals surface area contributed by atoms with Gasteiger partial charge in [0.15, 0.2) is 6.10 Å². The number of alkyl halides is 2. The van der Waals surface area contributed by atoms with Gasteiger partial charge < -0.3 is 25.8 Å². The van der Waals surface area contributed by atoms with Gasteiger partial charge in [0.25, 0.3) is 5.91 Å². The van der Waals surface area contributed by atoms with Crippen LogP contribution in [0.5, 0.6) is 5.75 Å². The number of halogens is 4. The maximum absolute atomic E-state index is 13.9. The maximum atomic E-state index is 13.9. The first-order chi connectivity index (χ1) is 15.6. The van der Waals surface area contributed by atoms with E-state index >= 15 is 0 Å². The monoisotopic (exact) mass is 484 g/mol. The molecule has 1 aliphatic rings. The quantitative estimate of drug-likeness (QED) is 0.337. The summed E-state index contributed by atoms with van der Waals surface area (Å²) in [7, 11) is 0. The minimum Gasteiger partial charge on any atom is -0.435 e. The fourth-order valence-electron chi connectivity index (χ4n) is 3.33. The number of hydrogen-bond donors (Lipinski definition) is 4. The van der Waals surface area contributed by atoms with E-state index in [0.717, 1.165) is 23.1 Å². The number of amidine groups is 1. The van der Waals surface area contributed by atoms with E-state index in [1.807, 2.05) is 0 Å². The van der Waals surface area contributed by atoms with Gasteiger partial charge in [0.1, 0.15) is 23.4 Å². The Morgan fingerprint density at radius 3 is 2.61 bits per heavy atom. The van der Waals surface area contributed by atoms with E-state index < -0.39 is 42.2 Å². The van der Waals surface area contributed by atoms with Crippen LogP contribution >= 0.6 is 11.6 Å². The van der Waals surface area contributed by atoms with Crippen molar-refractivity contribution < 1.29 is 32.6 Å². The number of nitrogens with one attached hydrogen (secondary N) is 2. The molecule has 2 amide bonds. The molecule has 176 valence electrons. The van der Waals surface area contributed by atoms with Gasteiger partial charge in [-0.3, -0.25) is 15.0 Å². The van der Waals surface area contributed by atoms with Crippen molar-refractivity contribution in [2.24, 2.45) is 5.73 Å². The highest BCUT2D eigenvalue weighted by molar-refractivity contribution is 6.30. The van der Waals surface area contributed by atoms with Gasteiger partial charge in [-0.25, -0.2) is 4.39 Å². The van der Waals surface area contributed by atoms with Gasteiger partial charge in [-0.15, -0.1) is 0 Å². The van der Waals surface area contributed by atoms with Crippen molar-refractivity contribution in [1.82, 2.24) is 10.2 Å². The molecule has 0 aromatic heterocycles. The first-order valence-corrected chi connectivity index (χ1v) is 10.1. The zero-order valence-corrected chi connectivity index (χ0v) is 17.8. The highest BCUT2D eigenvalue weighted by atomic mass is 35.5. The van der Waals surface area contributed by atoms with Crippen LogP contribution in [0.1, 0.15) is 29.2 Å². The van der Waals surface area contributed by atoms with Crippen molar-refractivity contribution in [3.8, 4) is 5.75 Å². The molecule has 1 saturated heterocycles. The van der Waals surface area contributed by atoms with E-state index in [1.54, 1.807) is 0 Å². The summed E-state index contributed by atoms with van der Waals surface area (Å²) in [5, 5.41) is 20.3. The number of benzene rings is 2. The maximum Gasteiger partial charge on any atom is 0.387 e. The third-order valence-electron chi connectivity index (χ3n) is 5.06. The summed E-state index contributed by atoms with van der Waals surface area (Å²) < 4.78 is 43.1. The number of carbonyl (C=O) groups is 2. The molecule has 0 radical (unpaired) electrons. The molecule has 0 unspecified atom stereocenters. The van der Waals surface area contributed by atoms with Gasteiger partial charge in [0, 0.05) is 18.1 Å². The van der Waals surface area contributed by atoms with Crippen molar-refractivity contribution in [2.75, 3.05) is 6.54 Å². The molecule has 2 aromatic carbocycles. The average Bonchev–Trinajstić information content (AvgIpc) is 2.69. The Morgan fingerprint density at radius 2 is 2.03 bits per heavy atom. The second kappa shape index (κ2) is 10.1. The zero-order valence-electron chi connectivity index (χ0n) is 17.0. The largest absolute Gasteiger partial charge is 0.435 e. The van der Waals surface area contributed by atoms with Gasteiger partial charge in [-0.1, -0.05) is 17.7 Å². The molecule has 0 spiro atoms. The molecule has 12 heteroatoms. The number of amides is 2. The normalized spacial score (nSPS) is 16.2. The molecular weight excluding hydrogens is 465 g/mol. The minimum absolute atomic E-state index is 0.0177. The molecule has 33 heavy (non-hydrogen) atoms. The molecule has 3 rings (SSSR count). The Morgan fingerprint density at radius 1 is 1.30 bits per heavy atom. The van der Waals surface area contributed by atoms with E-state index in [2.05, 4.69) is 10.1 Å². The van der Waals surface area contributed by atoms with E-state index in [9.17, 15) is 27.9 Å². The number of nitrogens with zero attached hydrogens (tertiary/aromatic N) is 1. The third-order valence-corrected chi connectivity index (χ3v) is 5.28. The number of ether oxygens (including phenoxy) is 1. The summed E-state index contributed by atoms with van der Waals surface area (Å²) in [4.78, 5) is 26.3. The summed E-state index contributed by atoms with van der Waals surface area (Å²) in [6, 6.07) is 6.52. The number of rotatable bonds is 8. The Labute approximate surface area is 191 Å². The fraction of sp³-hybridized carbons (Fsp3) is 0.286. The number of nitrogen functional groups attached to an aromatic ring is 1. The van der Waals surface area contributed by atoms with E-state index in [0.29, 0.717) is 12.0 Å². The van der Waals surface area contributed by atoms with Gasteiger partial charge in [0.2, 0.25) is 5.91 Å². The number of likely N-dealkylation sites (tertiary alicyclic amines) is 1. The Bertz CT molecular complexity index is 1090. The number of nitrogens with two attached hydrogens (primary N) is 1. The van der Waals surface area contributed by atoms with Crippen LogP contribution in [0, 0.1) is 11.2 Å². The predicted octanol–water partition coefficient (Wildman–Crippen LogP) is 2.32. The second-order valence-electron chi connectivity index (χ2n) is 7.28. The molecular formula is C21H20ClF3N4O4. The lowest BCUT2D eigenvalue weighted by Gasteiger charge is -2.40. The van der Waals surface area contributed by atoms with Crippen LogP contribution in [0.2, 0.25) is 5.02 Å². The van der Waals surface area contributed by atoms with Crippen molar-refractivity contribution in [3.63, 3.8) is 0 Å². The molecule has 0 bridgehead atoms. The van der Waals surface area contributed by atoms with E-state index in [-0.39, 0.29) is 35.0 Å². The number of carbonyl (C=O) groups excluding carboxylic acids is 2. The Kier molecular flexibility index (Phi) is 7.44. The summed E-state index contributed by atoms with van der Waals surface area (Å²) in [5.41, 5.74) is 5.58. The summed E-state index contributed by atoms with van der Waals surface area (Å²) in [6.07, 6.45) is -1.40.